The van der Waals surface area contributed by atoms with E-state index < -0.39 is 12.2 Å². The molecule has 0 aliphatic rings. The Labute approximate surface area is 134 Å². The van der Waals surface area contributed by atoms with Gasteiger partial charge in [-0.15, -0.1) is 0 Å². The molecule has 1 aromatic carbocycles. The number of aromatic nitrogens is 2. The lowest BCUT2D eigenvalue weighted by Crippen LogP contribution is -2.26. The highest BCUT2D eigenvalue weighted by Crippen LogP contribution is 2.27. The van der Waals surface area contributed by atoms with Crippen molar-refractivity contribution >= 4 is 11.8 Å². The molecule has 118 valence electrons. The first-order chi connectivity index (χ1) is 10.6. The molecular formula is C16H20N2O3S. The lowest BCUT2D eigenvalue weighted by molar-refractivity contribution is 0.0330. The third-order valence-corrected chi connectivity index (χ3v) is 4.51. The van der Waals surface area contributed by atoms with Crippen molar-refractivity contribution in [1.29, 1.82) is 0 Å². The second-order valence-electron chi connectivity index (χ2n) is 5.11. The number of thioether (sulfide) groups is 1. The summed E-state index contributed by atoms with van der Waals surface area (Å²) in [6, 6.07) is 8.82. The lowest BCUT2D eigenvalue weighted by atomic mass is 9.93. The van der Waals surface area contributed by atoms with Gasteiger partial charge < -0.3 is 15.3 Å². The van der Waals surface area contributed by atoms with Gasteiger partial charge in [0.1, 0.15) is 0 Å². The van der Waals surface area contributed by atoms with E-state index in [9.17, 15) is 10.2 Å². The predicted molar refractivity (Wildman–Crippen MR) is 85.3 cm³/mol. The maximum Gasteiger partial charge on any atom is 0.187 e. The van der Waals surface area contributed by atoms with E-state index in [0.29, 0.717) is 10.9 Å². The van der Waals surface area contributed by atoms with Crippen LogP contribution in [0, 0.1) is 5.92 Å². The Morgan fingerprint density at radius 3 is 2.32 bits per heavy atom. The van der Waals surface area contributed by atoms with Gasteiger partial charge in [-0.3, -0.25) is 0 Å². The molecule has 3 atom stereocenters. The zero-order chi connectivity index (χ0) is 15.9. The molecule has 3 N–H and O–H groups in total. The van der Waals surface area contributed by atoms with Crippen molar-refractivity contribution in [2.75, 3.05) is 5.75 Å². The number of hydrogen-bond acceptors (Lipinski definition) is 6. The first kappa shape index (κ1) is 16.9. The summed E-state index contributed by atoms with van der Waals surface area (Å²) in [5.74, 6) is 0.0907. The van der Waals surface area contributed by atoms with Gasteiger partial charge in [-0.25, -0.2) is 9.97 Å². The summed E-state index contributed by atoms with van der Waals surface area (Å²) in [6.45, 7) is 1.78. The summed E-state index contributed by atoms with van der Waals surface area (Å²) in [7, 11) is 0. The molecule has 1 heterocycles. The topological polar surface area (TPSA) is 86.5 Å². The minimum Gasteiger partial charge on any atom is -0.392 e. The summed E-state index contributed by atoms with van der Waals surface area (Å²) < 4.78 is 0. The zero-order valence-electron chi connectivity index (χ0n) is 12.3. The van der Waals surface area contributed by atoms with E-state index >= 15 is 0 Å². The Morgan fingerprint density at radius 2 is 1.73 bits per heavy atom. The molecule has 2 aromatic rings. The van der Waals surface area contributed by atoms with Crippen molar-refractivity contribution in [3.8, 4) is 0 Å². The van der Waals surface area contributed by atoms with E-state index in [1.54, 1.807) is 42.7 Å². The summed E-state index contributed by atoms with van der Waals surface area (Å²) in [5, 5.41) is 30.2. The molecule has 5 nitrogen and oxygen atoms in total. The first-order valence-corrected chi connectivity index (χ1v) is 8.06. The highest BCUT2D eigenvalue weighted by Gasteiger charge is 2.24. The molecule has 0 bridgehead atoms. The van der Waals surface area contributed by atoms with Crippen molar-refractivity contribution in [3.63, 3.8) is 0 Å². The Kier molecular flexibility index (Phi) is 6.33. The summed E-state index contributed by atoms with van der Waals surface area (Å²) in [4.78, 5) is 8.17. The summed E-state index contributed by atoms with van der Waals surface area (Å²) >= 11 is 1.36. The van der Waals surface area contributed by atoms with Gasteiger partial charge in [0.2, 0.25) is 0 Å². The van der Waals surface area contributed by atoms with E-state index in [1.807, 2.05) is 6.92 Å². The van der Waals surface area contributed by atoms with Gasteiger partial charge in [-0.05, 0) is 17.2 Å². The summed E-state index contributed by atoms with van der Waals surface area (Å²) in [5.41, 5.74) is 1.52. The van der Waals surface area contributed by atoms with E-state index in [4.69, 9.17) is 5.11 Å². The SMILES string of the molecule is C[C@@H]([C@H](O)CSc1ncccn1)[C@@H](O)c1ccc(CO)cc1. The molecule has 1 aromatic heterocycles. The van der Waals surface area contributed by atoms with Gasteiger partial charge in [0.05, 0.1) is 18.8 Å². The number of aliphatic hydroxyl groups is 3. The molecular weight excluding hydrogens is 300 g/mol. The van der Waals surface area contributed by atoms with Crippen molar-refractivity contribution in [2.45, 2.75) is 30.9 Å². The fourth-order valence-electron chi connectivity index (χ4n) is 2.01. The van der Waals surface area contributed by atoms with E-state index in [2.05, 4.69) is 9.97 Å². The second-order valence-corrected chi connectivity index (χ2v) is 6.10. The molecule has 22 heavy (non-hydrogen) atoms. The second kappa shape index (κ2) is 8.24. The van der Waals surface area contributed by atoms with E-state index in [-0.39, 0.29) is 12.5 Å². The highest BCUT2D eigenvalue weighted by molar-refractivity contribution is 7.99. The molecule has 6 heteroatoms. The molecule has 0 spiro atoms. The third kappa shape index (κ3) is 4.51. The van der Waals surface area contributed by atoms with Crippen molar-refractivity contribution < 1.29 is 15.3 Å². The molecule has 0 saturated carbocycles. The van der Waals surface area contributed by atoms with Crippen molar-refractivity contribution in [2.24, 2.45) is 5.92 Å². The largest absolute Gasteiger partial charge is 0.392 e. The maximum absolute atomic E-state index is 10.4. The van der Waals surface area contributed by atoms with Gasteiger partial charge in [0.15, 0.2) is 5.16 Å². The fraction of sp³-hybridized carbons (Fsp3) is 0.375. The van der Waals surface area contributed by atoms with Crippen LogP contribution in [0.5, 0.6) is 0 Å². The number of rotatable bonds is 7. The molecule has 0 aliphatic heterocycles. The molecule has 0 unspecified atom stereocenters. The van der Waals surface area contributed by atoms with Crippen molar-refractivity contribution in [3.05, 3.63) is 53.9 Å². The normalized spacial score (nSPS) is 15.3. The smallest absolute Gasteiger partial charge is 0.187 e. The average molecular weight is 320 g/mol. The Morgan fingerprint density at radius 1 is 1.09 bits per heavy atom. The van der Waals surface area contributed by atoms with Crippen LogP contribution in [0.4, 0.5) is 0 Å². The monoisotopic (exact) mass is 320 g/mol. The summed E-state index contributed by atoms with van der Waals surface area (Å²) in [6.07, 6.45) is 1.87. The van der Waals surface area contributed by atoms with Crippen LogP contribution in [0.2, 0.25) is 0 Å². The van der Waals surface area contributed by atoms with Crippen LogP contribution in [-0.2, 0) is 6.61 Å². The molecule has 0 saturated heterocycles. The zero-order valence-corrected chi connectivity index (χ0v) is 13.1. The minimum atomic E-state index is -0.764. The Balaban J connectivity index is 1.92. The lowest BCUT2D eigenvalue weighted by Gasteiger charge is -2.24. The van der Waals surface area contributed by atoms with Gasteiger partial charge in [-0.2, -0.15) is 0 Å². The fourth-order valence-corrected chi connectivity index (χ4v) is 2.90. The van der Waals surface area contributed by atoms with Gasteiger partial charge in [-0.1, -0.05) is 43.0 Å². The highest BCUT2D eigenvalue weighted by atomic mass is 32.2. The van der Waals surface area contributed by atoms with Crippen LogP contribution < -0.4 is 0 Å². The van der Waals surface area contributed by atoms with Crippen LogP contribution >= 0.6 is 11.8 Å². The third-order valence-electron chi connectivity index (χ3n) is 3.53. The quantitative estimate of drug-likeness (QED) is 0.533. The average Bonchev–Trinajstić information content (AvgIpc) is 2.59. The Hall–Kier alpha value is -1.47. The first-order valence-electron chi connectivity index (χ1n) is 7.07. The number of nitrogens with zero attached hydrogens (tertiary/aromatic N) is 2. The minimum absolute atomic E-state index is 0.0255. The maximum atomic E-state index is 10.4. The van der Waals surface area contributed by atoms with Gasteiger partial charge in [0, 0.05) is 24.1 Å². The van der Waals surface area contributed by atoms with Gasteiger partial charge in [0.25, 0.3) is 0 Å². The molecule has 0 fully saturated rings. The number of hydrogen-bond donors (Lipinski definition) is 3. The van der Waals surface area contributed by atoms with Crippen molar-refractivity contribution in [1.82, 2.24) is 9.97 Å². The predicted octanol–water partition coefficient (Wildman–Crippen LogP) is 1.79. The van der Waals surface area contributed by atoms with E-state index in [1.165, 1.54) is 11.8 Å². The number of benzene rings is 1. The molecule has 0 radical (unpaired) electrons. The Bertz CT molecular complexity index is 565. The van der Waals surface area contributed by atoms with Crippen LogP contribution in [0.25, 0.3) is 0 Å². The van der Waals surface area contributed by atoms with Gasteiger partial charge >= 0.3 is 0 Å². The van der Waals surface area contributed by atoms with Crippen LogP contribution in [0.15, 0.2) is 47.9 Å². The van der Waals surface area contributed by atoms with Crippen LogP contribution in [-0.4, -0.2) is 37.1 Å². The molecule has 0 aliphatic carbocycles. The standard InChI is InChI=1S/C16H20N2O3S/c1-11(14(20)10-22-16-17-7-2-8-18-16)15(21)13-5-3-12(9-19)4-6-13/h2-8,11,14-15,19-21H,9-10H2,1H3/t11-,14+,15+/m0/s1. The van der Waals surface area contributed by atoms with Crippen LogP contribution in [0.1, 0.15) is 24.2 Å². The molecule has 2 rings (SSSR count). The molecule has 0 amide bonds. The van der Waals surface area contributed by atoms with Crippen LogP contribution in [0.3, 0.4) is 0 Å². The van der Waals surface area contributed by atoms with E-state index in [0.717, 1.165) is 11.1 Å². The number of aliphatic hydroxyl groups excluding tert-OH is 3.